The number of hydrogen-bond donors (Lipinski definition) is 1. The van der Waals surface area contributed by atoms with Crippen LogP contribution in [0.5, 0.6) is 0 Å². The third-order valence-corrected chi connectivity index (χ3v) is 3.17. The molecule has 0 aliphatic carbocycles. The van der Waals surface area contributed by atoms with E-state index in [-0.39, 0.29) is 5.60 Å². The van der Waals surface area contributed by atoms with Gasteiger partial charge in [0.2, 0.25) is 0 Å². The van der Waals surface area contributed by atoms with Gasteiger partial charge in [0.25, 0.3) is 0 Å². The summed E-state index contributed by atoms with van der Waals surface area (Å²) in [4.78, 5) is 0. The van der Waals surface area contributed by atoms with Gasteiger partial charge in [-0.25, -0.2) is 0 Å². The molecule has 0 saturated heterocycles. The van der Waals surface area contributed by atoms with Crippen LogP contribution in [0, 0.1) is 0 Å². The molecule has 0 radical (unpaired) electrons. The SMILES string of the molecule is CCC(CCN)OCCC(C)(CC)OC. The zero-order valence-electron chi connectivity index (χ0n) is 10.7. The average Bonchev–Trinajstić information content (AvgIpc) is 2.27. The fourth-order valence-corrected chi connectivity index (χ4v) is 1.46. The monoisotopic (exact) mass is 217 g/mol. The highest BCUT2D eigenvalue weighted by atomic mass is 16.5. The maximum Gasteiger partial charge on any atom is 0.0670 e. The van der Waals surface area contributed by atoms with E-state index in [1.54, 1.807) is 7.11 Å². The first-order valence-corrected chi connectivity index (χ1v) is 5.98. The van der Waals surface area contributed by atoms with Gasteiger partial charge in [0, 0.05) is 13.7 Å². The minimum absolute atomic E-state index is 0.0407. The molecule has 2 atom stereocenters. The summed E-state index contributed by atoms with van der Waals surface area (Å²) in [5, 5.41) is 0. The molecule has 0 bridgehead atoms. The number of ether oxygens (including phenoxy) is 2. The van der Waals surface area contributed by atoms with E-state index in [0.29, 0.717) is 12.6 Å². The largest absolute Gasteiger partial charge is 0.378 e. The standard InChI is InChI=1S/C12H27NO2/c1-5-11(7-9-13)15-10-8-12(3,6-2)14-4/h11H,5-10,13H2,1-4H3. The highest BCUT2D eigenvalue weighted by Crippen LogP contribution is 2.19. The van der Waals surface area contributed by atoms with Gasteiger partial charge in [-0.05, 0) is 39.2 Å². The Morgan fingerprint density at radius 1 is 1.33 bits per heavy atom. The van der Waals surface area contributed by atoms with E-state index in [9.17, 15) is 0 Å². The normalized spacial score (nSPS) is 17.4. The Labute approximate surface area is 94.3 Å². The van der Waals surface area contributed by atoms with E-state index in [0.717, 1.165) is 32.3 Å². The van der Waals surface area contributed by atoms with Crippen molar-refractivity contribution in [2.24, 2.45) is 5.73 Å². The van der Waals surface area contributed by atoms with Gasteiger partial charge in [-0.2, -0.15) is 0 Å². The van der Waals surface area contributed by atoms with E-state index in [4.69, 9.17) is 15.2 Å². The molecule has 0 fully saturated rings. The summed E-state index contributed by atoms with van der Waals surface area (Å²) < 4.78 is 11.2. The van der Waals surface area contributed by atoms with Crippen LogP contribution >= 0.6 is 0 Å². The Bertz CT molecular complexity index is 147. The van der Waals surface area contributed by atoms with Crippen molar-refractivity contribution in [3.8, 4) is 0 Å². The summed E-state index contributed by atoms with van der Waals surface area (Å²) in [5.74, 6) is 0. The van der Waals surface area contributed by atoms with Crippen LogP contribution in [0.1, 0.15) is 46.5 Å². The van der Waals surface area contributed by atoms with Gasteiger partial charge < -0.3 is 15.2 Å². The van der Waals surface area contributed by atoms with Crippen LogP contribution in [0.3, 0.4) is 0 Å². The average molecular weight is 217 g/mol. The molecule has 0 aliphatic heterocycles. The van der Waals surface area contributed by atoms with Crippen LogP contribution in [-0.4, -0.2) is 32.0 Å². The maximum absolute atomic E-state index is 5.77. The van der Waals surface area contributed by atoms with Crippen molar-refractivity contribution in [2.45, 2.75) is 58.2 Å². The van der Waals surface area contributed by atoms with Crippen LogP contribution in [0.25, 0.3) is 0 Å². The van der Waals surface area contributed by atoms with Crippen molar-refractivity contribution in [1.82, 2.24) is 0 Å². The number of nitrogens with two attached hydrogens (primary N) is 1. The molecule has 0 rings (SSSR count). The lowest BCUT2D eigenvalue weighted by molar-refractivity contribution is -0.0412. The summed E-state index contributed by atoms with van der Waals surface area (Å²) in [5.41, 5.74) is 5.47. The second-order valence-corrected chi connectivity index (χ2v) is 4.24. The molecule has 0 aromatic carbocycles. The van der Waals surface area contributed by atoms with Crippen molar-refractivity contribution in [1.29, 1.82) is 0 Å². The van der Waals surface area contributed by atoms with Gasteiger partial charge >= 0.3 is 0 Å². The minimum atomic E-state index is -0.0407. The molecule has 2 N–H and O–H groups in total. The predicted molar refractivity (Wildman–Crippen MR) is 64.0 cm³/mol. The molecule has 3 nitrogen and oxygen atoms in total. The van der Waals surface area contributed by atoms with Crippen LogP contribution in [0.4, 0.5) is 0 Å². The fraction of sp³-hybridized carbons (Fsp3) is 1.00. The van der Waals surface area contributed by atoms with Crippen molar-refractivity contribution < 1.29 is 9.47 Å². The Morgan fingerprint density at radius 2 is 2.00 bits per heavy atom. The topological polar surface area (TPSA) is 44.5 Å². The molecule has 0 spiro atoms. The van der Waals surface area contributed by atoms with Crippen molar-refractivity contribution in [3.05, 3.63) is 0 Å². The van der Waals surface area contributed by atoms with Gasteiger partial charge in [-0.1, -0.05) is 13.8 Å². The van der Waals surface area contributed by atoms with Gasteiger partial charge in [0.1, 0.15) is 0 Å². The van der Waals surface area contributed by atoms with Gasteiger partial charge in [0.05, 0.1) is 11.7 Å². The highest BCUT2D eigenvalue weighted by Gasteiger charge is 2.21. The molecule has 92 valence electrons. The van der Waals surface area contributed by atoms with Crippen molar-refractivity contribution in [2.75, 3.05) is 20.3 Å². The quantitative estimate of drug-likeness (QED) is 0.644. The second kappa shape index (κ2) is 8.08. The molecule has 3 heteroatoms. The molecule has 2 unspecified atom stereocenters. The van der Waals surface area contributed by atoms with Crippen LogP contribution in [-0.2, 0) is 9.47 Å². The zero-order chi connectivity index (χ0) is 11.7. The summed E-state index contributed by atoms with van der Waals surface area (Å²) in [6, 6.07) is 0. The first kappa shape index (κ1) is 14.9. The van der Waals surface area contributed by atoms with Gasteiger partial charge in [-0.3, -0.25) is 0 Å². The number of hydrogen-bond acceptors (Lipinski definition) is 3. The lowest BCUT2D eigenvalue weighted by Gasteiger charge is -2.27. The minimum Gasteiger partial charge on any atom is -0.378 e. The third-order valence-electron chi connectivity index (χ3n) is 3.17. The lowest BCUT2D eigenvalue weighted by Crippen LogP contribution is -2.29. The molecular weight excluding hydrogens is 190 g/mol. The van der Waals surface area contributed by atoms with E-state index in [2.05, 4.69) is 20.8 Å². The summed E-state index contributed by atoms with van der Waals surface area (Å²) in [7, 11) is 1.76. The zero-order valence-corrected chi connectivity index (χ0v) is 10.7. The van der Waals surface area contributed by atoms with E-state index < -0.39 is 0 Å². The van der Waals surface area contributed by atoms with Crippen LogP contribution in [0.15, 0.2) is 0 Å². The van der Waals surface area contributed by atoms with E-state index in [1.165, 1.54) is 0 Å². The highest BCUT2D eigenvalue weighted by molar-refractivity contribution is 4.72. The van der Waals surface area contributed by atoms with E-state index >= 15 is 0 Å². The third kappa shape index (κ3) is 6.13. The summed E-state index contributed by atoms with van der Waals surface area (Å²) in [6.07, 6.45) is 4.26. The number of methoxy groups -OCH3 is 1. The molecule has 15 heavy (non-hydrogen) atoms. The molecule has 0 heterocycles. The lowest BCUT2D eigenvalue weighted by atomic mass is 9.99. The Hall–Kier alpha value is -0.120. The predicted octanol–water partition coefficient (Wildman–Crippen LogP) is 2.34. The van der Waals surface area contributed by atoms with Gasteiger partial charge in [-0.15, -0.1) is 0 Å². The fourth-order valence-electron chi connectivity index (χ4n) is 1.46. The maximum atomic E-state index is 5.77. The first-order valence-electron chi connectivity index (χ1n) is 5.98. The van der Waals surface area contributed by atoms with Crippen LogP contribution < -0.4 is 5.73 Å². The van der Waals surface area contributed by atoms with Crippen molar-refractivity contribution in [3.63, 3.8) is 0 Å². The molecular formula is C12H27NO2. The second-order valence-electron chi connectivity index (χ2n) is 4.24. The number of rotatable bonds is 9. The van der Waals surface area contributed by atoms with Crippen molar-refractivity contribution >= 4 is 0 Å². The van der Waals surface area contributed by atoms with E-state index in [1.807, 2.05) is 0 Å². The Kier molecular flexibility index (Phi) is 8.02. The Morgan fingerprint density at radius 3 is 2.40 bits per heavy atom. The smallest absolute Gasteiger partial charge is 0.0670 e. The summed E-state index contributed by atoms with van der Waals surface area (Å²) in [6.45, 7) is 7.86. The molecule has 0 aromatic heterocycles. The molecule has 0 aromatic rings. The Balaban J connectivity index is 3.75. The summed E-state index contributed by atoms with van der Waals surface area (Å²) >= 11 is 0. The molecule has 0 amide bonds. The molecule has 0 saturated carbocycles. The van der Waals surface area contributed by atoms with Crippen LogP contribution in [0.2, 0.25) is 0 Å². The van der Waals surface area contributed by atoms with Gasteiger partial charge in [0.15, 0.2) is 0 Å². The molecule has 0 aliphatic rings. The first-order chi connectivity index (χ1) is 7.11.